The lowest BCUT2D eigenvalue weighted by Gasteiger charge is -2.39. The first-order valence-electron chi connectivity index (χ1n) is 10.6. The fraction of sp³-hybridized carbons (Fsp3) is 0.545. The summed E-state index contributed by atoms with van der Waals surface area (Å²) in [4.78, 5) is 21.0. The maximum atomic E-state index is 12.1. The van der Waals surface area contributed by atoms with Gasteiger partial charge in [-0.3, -0.25) is 9.69 Å². The molecule has 1 N–H and O–H groups in total. The third kappa shape index (κ3) is 5.29. The number of nitrogens with zero attached hydrogens (tertiary/aromatic N) is 3. The summed E-state index contributed by atoms with van der Waals surface area (Å²) in [6.45, 7) is 6.93. The smallest absolute Gasteiger partial charge is 0.229 e. The van der Waals surface area contributed by atoms with Crippen molar-refractivity contribution in [2.24, 2.45) is 5.92 Å². The molecule has 2 fully saturated rings. The van der Waals surface area contributed by atoms with Gasteiger partial charge in [-0.1, -0.05) is 29.3 Å². The lowest BCUT2D eigenvalue weighted by Crippen LogP contribution is -2.48. The molecule has 0 radical (unpaired) electrons. The molecular formula is C22H28Cl2N4O2. The van der Waals surface area contributed by atoms with E-state index < -0.39 is 0 Å². The van der Waals surface area contributed by atoms with Crippen molar-refractivity contribution < 1.29 is 9.21 Å². The molecule has 8 heteroatoms. The van der Waals surface area contributed by atoms with E-state index in [1.165, 1.54) is 6.42 Å². The number of halogens is 2. The zero-order valence-corrected chi connectivity index (χ0v) is 18.8. The number of oxazole rings is 1. The predicted molar refractivity (Wildman–Crippen MR) is 119 cm³/mol. The summed E-state index contributed by atoms with van der Waals surface area (Å²) < 4.78 is 5.37. The first kappa shape index (κ1) is 21.5. The van der Waals surface area contributed by atoms with Crippen molar-refractivity contribution >= 4 is 34.8 Å². The molecule has 1 aromatic carbocycles. The highest BCUT2D eigenvalue weighted by atomic mass is 35.5. The largest absolute Gasteiger partial charge is 0.445 e. The number of carbonyl (C=O) groups is 1. The first-order chi connectivity index (χ1) is 14.5. The number of piperazine rings is 1. The van der Waals surface area contributed by atoms with E-state index in [9.17, 15) is 4.79 Å². The van der Waals surface area contributed by atoms with Crippen molar-refractivity contribution in [3.8, 4) is 0 Å². The van der Waals surface area contributed by atoms with Gasteiger partial charge in [-0.25, -0.2) is 4.98 Å². The Kier molecular flexibility index (Phi) is 6.86. The maximum Gasteiger partial charge on any atom is 0.229 e. The van der Waals surface area contributed by atoms with Crippen molar-refractivity contribution in [1.29, 1.82) is 0 Å². The highest BCUT2D eigenvalue weighted by Gasteiger charge is 2.31. The molecule has 162 valence electrons. The van der Waals surface area contributed by atoms with Crippen LogP contribution in [0.5, 0.6) is 0 Å². The van der Waals surface area contributed by atoms with Crippen molar-refractivity contribution in [2.75, 3.05) is 37.6 Å². The van der Waals surface area contributed by atoms with E-state index >= 15 is 0 Å². The second-order valence-corrected chi connectivity index (χ2v) is 9.12. The van der Waals surface area contributed by atoms with Crippen molar-refractivity contribution in [3.63, 3.8) is 0 Å². The summed E-state index contributed by atoms with van der Waals surface area (Å²) in [5, 5.41) is 4.35. The fourth-order valence-corrected chi connectivity index (χ4v) is 4.72. The van der Waals surface area contributed by atoms with Gasteiger partial charge >= 0.3 is 0 Å². The molecular weight excluding hydrogens is 423 g/mol. The van der Waals surface area contributed by atoms with Crippen LogP contribution in [0.15, 0.2) is 28.8 Å². The molecule has 0 unspecified atom stereocenters. The summed E-state index contributed by atoms with van der Waals surface area (Å²) in [5.74, 6) is 1.91. The number of carbonyl (C=O) groups excluding carboxylic acids is 1. The van der Waals surface area contributed by atoms with E-state index in [0.29, 0.717) is 27.9 Å². The molecule has 2 aliphatic rings. The highest BCUT2D eigenvalue weighted by molar-refractivity contribution is 6.43. The average Bonchev–Trinajstić information content (AvgIpc) is 3.10. The van der Waals surface area contributed by atoms with E-state index in [4.69, 9.17) is 27.6 Å². The summed E-state index contributed by atoms with van der Waals surface area (Å²) in [6, 6.07) is 6.11. The first-order valence-corrected chi connectivity index (χ1v) is 11.4. The van der Waals surface area contributed by atoms with Gasteiger partial charge in [0.05, 0.1) is 21.9 Å². The van der Waals surface area contributed by atoms with Gasteiger partial charge in [0.15, 0.2) is 0 Å². The lowest BCUT2D eigenvalue weighted by atomic mass is 9.78. The molecule has 6 nitrogen and oxygen atoms in total. The molecule has 1 saturated carbocycles. The van der Waals surface area contributed by atoms with Gasteiger partial charge in [0, 0.05) is 32.2 Å². The summed E-state index contributed by atoms with van der Waals surface area (Å²) in [6.07, 6.45) is 5.17. The van der Waals surface area contributed by atoms with Crippen molar-refractivity contribution in [1.82, 2.24) is 15.2 Å². The molecule has 4 rings (SSSR count). The Morgan fingerprint density at radius 1 is 1.23 bits per heavy atom. The Hall–Kier alpha value is -1.76. The number of hydrogen-bond acceptors (Lipinski definition) is 5. The number of rotatable bonds is 7. The van der Waals surface area contributed by atoms with Crippen LogP contribution >= 0.6 is 23.2 Å². The maximum absolute atomic E-state index is 12.1. The minimum Gasteiger partial charge on any atom is -0.445 e. The third-order valence-electron chi connectivity index (χ3n) is 6.08. The number of anilines is 1. The molecule has 0 spiro atoms. The quantitative estimate of drug-likeness (QED) is 0.691. The zero-order chi connectivity index (χ0) is 21.1. The van der Waals surface area contributed by atoms with Crippen LogP contribution in [-0.4, -0.2) is 54.6 Å². The van der Waals surface area contributed by atoms with E-state index in [1.807, 2.05) is 25.1 Å². The van der Waals surface area contributed by atoms with Gasteiger partial charge in [0.25, 0.3) is 0 Å². The minimum atomic E-state index is -0.00361. The molecule has 1 amide bonds. The molecule has 2 heterocycles. The van der Waals surface area contributed by atoms with Crippen LogP contribution in [0.1, 0.15) is 30.9 Å². The summed E-state index contributed by atoms with van der Waals surface area (Å²) in [7, 11) is 0. The topological polar surface area (TPSA) is 61.6 Å². The van der Waals surface area contributed by atoms with Gasteiger partial charge in [-0.15, -0.1) is 0 Å². The standard InChI is InChI=1S/C22H28Cl2N4O2/c1-15-14-25-21(30-15)13-20(29)26-17-11-16(12-17)5-6-27-7-9-28(10-8-27)19-4-2-3-18(23)22(19)24/h2-4,14,16-17H,5-13H2,1H3,(H,26,29)/t16-,17-. The second-order valence-electron chi connectivity index (χ2n) is 8.33. The Balaban J connectivity index is 1.12. The average molecular weight is 451 g/mol. The summed E-state index contributed by atoms with van der Waals surface area (Å²) >= 11 is 12.5. The van der Waals surface area contributed by atoms with Gasteiger partial charge in [0.1, 0.15) is 12.2 Å². The molecule has 0 atom stereocenters. The number of amides is 1. The molecule has 0 bridgehead atoms. The number of aromatic nitrogens is 1. The molecule has 1 saturated heterocycles. The van der Waals surface area contributed by atoms with Crippen LogP contribution in [0.4, 0.5) is 5.69 Å². The summed E-state index contributed by atoms with van der Waals surface area (Å²) in [5.41, 5.74) is 1.03. The van der Waals surface area contributed by atoms with Crippen molar-refractivity contribution in [2.45, 2.75) is 38.6 Å². The molecule has 1 aliphatic carbocycles. The molecule has 30 heavy (non-hydrogen) atoms. The lowest BCUT2D eigenvalue weighted by molar-refractivity contribution is -0.122. The van der Waals surface area contributed by atoms with Crippen LogP contribution < -0.4 is 10.2 Å². The highest BCUT2D eigenvalue weighted by Crippen LogP contribution is 2.33. The molecule has 1 aromatic heterocycles. The van der Waals surface area contributed by atoms with Gasteiger partial charge in [-0.05, 0) is 50.8 Å². The van der Waals surface area contributed by atoms with Crippen LogP contribution in [0.25, 0.3) is 0 Å². The van der Waals surface area contributed by atoms with Gasteiger partial charge < -0.3 is 14.6 Å². The molecule has 1 aliphatic heterocycles. The zero-order valence-electron chi connectivity index (χ0n) is 17.2. The molecule has 2 aromatic rings. The van der Waals surface area contributed by atoms with Crippen LogP contribution in [0.3, 0.4) is 0 Å². The number of nitrogens with one attached hydrogen (secondary N) is 1. The Morgan fingerprint density at radius 3 is 2.70 bits per heavy atom. The number of hydrogen-bond donors (Lipinski definition) is 1. The van der Waals surface area contributed by atoms with Crippen LogP contribution in [-0.2, 0) is 11.2 Å². The van der Waals surface area contributed by atoms with E-state index in [2.05, 4.69) is 20.1 Å². The fourth-order valence-electron chi connectivity index (χ4n) is 4.30. The van der Waals surface area contributed by atoms with E-state index in [-0.39, 0.29) is 12.3 Å². The Morgan fingerprint density at radius 2 is 2.00 bits per heavy atom. The van der Waals surface area contributed by atoms with Gasteiger partial charge in [0.2, 0.25) is 11.8 Å². The normalized spacial score (nSPS) is 22.0. The monoisotopic (exact) mass is 450 g/mol. The predicted octanol–water partition coefficient (Wildman–Crippen LogP) is 3.94. The minimum absolute atomic E-state index is 0.00361. The van der Waals surface area contributed by atoms with E-state index in [0.717, 1.165) is 57.0 Å². The van der Waals surface area contributed by atoms with Gasteiger partial charge in [-0.2, -0.15) is 0 Å². The van der Waals surface area contributed by atoms with Crippen LogP contribution in [0, 0.1) is 12.8 Å². The SMILES string of the molecule is Cc1cnc(CC(=O)N[C@H]2C[C@H](CCN3CCN(c4cccc(Cl)c4Cl)CC3)C2)o1. The van der Waals surface area contributed by atoms with E-state index in [1.54, 1.807) is 6.20 Å². The third-order valence-corrected chi connectivity index (χ3v) is 6.89. The van der Waals surface area contributed by atoms with Crippen molar-refractivity contribution in [3.05, 3.63) is 46.1 Å². The Labute approximate surface area is 187 Å². The second kappa shape index (κ2) is 9.58. The van der Waals surface area contributed by atoms with Crippen LogP contribution in [0.2, 0.25) is 10.0 Å². The number of benzene rings is 1. The number of aryl methyl sites for hydroxylation is 1. The Bertz CT molecular complexity index is 874.